The summed E-state index contributed by atoms with van der Waals surface area (Å²) in [5.41, 5.74) is 18.8. The zero-order chi connectivity index (χ0) is 76.9. The number of carbonyl (C=O) groups excluding carboxylic acids is 10. The summed E-state index contributed by atoms with van der Waals surface area (Å²) in [4.78, 5) is 184. The fraction of sp³-hybridized carbons (Fsp3) is 0.456. The minimum Gasteiger partial charge on any atom is -0.508 e. The zero-order valence-electron chi connectivity index (χ0n) is 57.4. The van der Waals surface area contributed by atoms with Crippen molar-refractivity contribution in [3.05, 3.63) is 124 Å². The van der Waals surface area contributed by atoms with Crippen molar-refractivity contribution < 1.29 is 93.0 Å². The fourth-order valence-corrected chi connectivity index (χ4v) is 13.8. The maximum Gasteiger partial charge on any atom is 0.320 e. The molecule has 2 aliphatic heterocycles. The van der Waals surface area contributed by atoms with Crippen LogP contribution < -0.4 is 65.1 Å². The van der Waals surface area contributed by atoms with Crippen LogP contribution in [0.15, 0.2) is 97.1 Å². The van der Waals surface area contributed by atoms with Crippen molar-refractivity contribution in [2.24, 2.45) is 17.2 Å². The van der Waals surface area contributed by atoms with E-state index in [9.17, 15) is 78.6 Å². The first-order chi connectivity index (χ1) is 49.9. The minimum absolute atomic E-state index is 0.00853. The lowest BCUT2D eigenvalue weighted by atomic mass is 10.0. The number of anilines is 1. The van der Waals surface area contributed by atoms with Crippen LogP contribution in [-0.2, 0) is 83.2 Å². The van der Waals surface area contributed by atoms with Crippen molar-refractivity contribution >= 4 is 116 Å². The summed E-state index contributed by atoms with van der Waals surface area (Å²) in [6.07, 6.45) is -3.34. The van der Waals surface area contributed by atoms with Gasteiger partial charge in [-0.1, -0.05) is 81.7 Å². The Morgan fingerprint density at radius 2 is 1.08 bits per heavy atom. The van der Waals surface area contributed by atoms with Crippen LogP contribution in [0.25, 0.3) is 0 Å². The van der Waals surface area contributed by atoms with E-state index < -0.39 is 169 Å². The number of carbonyl (C=O) groups is 13. The second-order valence-electron chi connectivity index (χ2n) is 25.2. The van der Waals surface area contributed by atoms with Crippen molar-refractivity contribution in [1.82, 2.24) is 57.2 Å². The summed E-state index contributed by atoms with van der Waals surface area (Å²) in [5, 5.41) is 84.9. The van der Waals surface area contributed by atoms with Gasteiger partial charge in [0.05, 0.1) is 19.2 Å². The molecule has 21 N–H and O–H groups in total. The number of aliphatic hydroxyl groups is 1. The van der Waals surface area contributed by atoms with E-state index in [1.54, 1.807) is 12.1 Å². The number of aliphatic hydroxyl groups excluding tert-OH is 1. The Bertz CT molecular complexity index is 3640. The third kappa shape index (κ3) is 29.0. The molecular weight excluding hydrogens is 1430 g/mol. The lowest BCUT2D eigenvalue weighted by molar-refractivity contribution is -0.145. The Morgan fingerprint density at radius 1 is 0.590 bits per heavy atom. The number of amides is 11. The molecule has 37 heteroatoms. The summed E-state index contributed by atoms with van der Waals surface area (Å²) in [6.45, 7) is 0.957. The number of unbranched alkanes of at least 4 members (excludes halogenated alkanes) is 1. The number of aromatic hydroxyl groups is 2. The van der Waals surface area contributed by atoms with Gasteiger partial charge in [-0.15, -0.1) is 0 Å². The monoisotopic (exact) mass is 1520 g/mol. The SMILES string of the molecule is C[C@@H](O)[C@@H]1NC(=O)[C@H](CCCCN)NC(=O)[C@@H](Cc2ccc(NC(N)=O)cc2)NC(=O)[C@H](Cc2ccc(O)cc2)NC(=O)[C@H](NC(=O)[C@H](Cc2ccc(Cl)cc2)NC(=O)CC[C@@H](C(=O)O)N2CCN(CC(=O)O)CCN(CC(=O)O)CC2)CSSC[C@@H](C(=O)N[C@H](Cc2ccc(O)cc2)C(N)=O)NC1=O. The van der Waals surface area contributed by atoms with Gasteiger partial charge >= 0.3 is 23.9 Å². The topological polar surface area (TPSA) is 539 Å². The van der Waals surface area contributed by atoms with Gasteiger partial charge in [0.15, 0.2) is 0 Å². The van der Waals surface area contributed by atoms with Crippen molar-refractivity contribution in [3.63, 3.8) is 0 Å². The first kappa shape index (κ1) is 84.1. The summed E-state index contributed by atoms with van der Waals surface area (Å²) in [7, 11) is 1.68. The number of hydrogen-bond acceptors (Lipinski definition) is 22. The maximum absolute atomic E-state index is 15.3. The van der Waals surface area contributed by atoms with E-state index >= 15 is 14.4 Å². The van der Waals surface area contributed by atoms with Crippen LogP contribution in [0.3, 0.4) is 0 Å². The van der Waals surface area contributed by atoms with Crippen molar-refractivity contribution in [2.45, 2.75) is 125 Å². The molecule has 0 aliphatic carbocycles. The van der Waals surface area contributed by atoms with E-state index in [4.69, 9.17) is 28.8 Å². The Hall–Kier alpha value is -9.82. The first-order valence-corrected chi connectivity index (χ1v) is 36.4. The molecule has 6 rings (SSSR count). The molecule has 2 heterocycles. The number of carboxylic acids is 3. The molecule has 0 aromatic heterocycles. The second-order valence-corrected chi connectivity index (χ2v) is 28.2. The number of primary amides is 2. The highest BCUT2D eigenvalue weighted by Gasteiger charge is 2.38. The number of hydrogen-bond donors (Lipinski definition) is 18. The van der Waals surface area contributed by atoms with Gasteiger partial charge in [-0.25, -0.2) is 4.79 Å². The van der Waals surface area contributed by atoms with Gasteiger partial charge in [-0.05, 0) is 110 Å². The predicted molar refractivity (Wildman–Crippen MR) is 387 cm³/mol. The second kappa shape index (κ2) is 42.2. The average molecular weight is 1520 g/mol. The molecule has 2 aliphatic rings. The molecule has 105 heavy (non-hydrogen) atoms. The number of phenolic OH excluding ortho intramolecular Hbond substituents is 2. The molecule has 4 aromatic rings. The van der Waals surface area contributed by atoms with E-state index in [-0.39, 0.29) is 108 Å². The highest BCUT2D eigenvalue weighted by molar-refractivity contribution is 8.76. The van der Waals surface area contributed by atoms with Gasteiger partial charge in [0.25, 0.3) is 0 Å². The number of nitrogens with one attached hydrogen (secondary N) is 9. The van der Waals surface area contributed by atoms with Crippen LogP contribution in [0.5, 0.6) is 11.5 Å². The van der Waals surface area contributed by atoms with Crippen molar-refractivity contribution in [2.75, 3.05) is 75.7 Å². The molecule has 2 saturated heterocycles. The third-order valence-corrected chi connectivity index (χ3v) is 19.7. The number of urea groups is 1. The van der Waals surface area contributed by atoms with E-state index in [2.05, 4.69) is 47.9 Å². The van der Waals surface area contributed by atoms with Gasteiger partial charge in [-0.2, -0.15) is 0 Å². The standard InChI is InChI=1S/C68H90ClN15O19S2/c1-38(85)58-66(100)80-53(64(98)76-48(59(71)93)30-41-9-17-45(86)18-10-41)37-105-104-36-52(79-61(95)49(31-39-5-13-43(69)14-6-39)74-55(88)22-21-54(67(101)102)84-28-26-82(34-56(89)90)24-25-83(27-29-84)35-57(91)92)65(99)78-51(33-42-11-19-46(87)20-12-42)63(97)77-50(32-40-7-15-44(16-8-40)73-68(72)103)62(96)75-47(60(94)81-58)4-2-3-23-70/h5-20,38,47-54,58,85-87H,2-4,21-37,70H2,1H3,(H2,71,93)(H,74,88)(H,75,96)(H,76,98)(H,77,97)(H,78,99)(H,79,95)(H,80,100)(H,81,94)(H,89,90)(H,91,92)(H,101,102)(H3,72,73,103)/t38-,47+,48-,49+,50-,51+,52-,53+,54+,58+/m1/s1. The number of rotatable bonds is 29. The van der Waals surface area contributed by atoms with Crippen LogP contribution in [0.1, 0.15) is 61.3 Å². The minimum atomic E-state index is -1.86. The van der Waals surface area contributed by atoms with E-state index in [0.29, 0.717) is 33.7 Å². The number of phenols is 2. The molecule has 0 spiro atoms. The number of halogens is 1. The fourth-order valence-electron chi connectivity index (χ4n) is 11.4. The Morgan fingerprint density at radius 3 is 1.59 bits per heavy atom. The van der Waals surface area contributed by atoms with Crippen molar-refractivity contribution in [1.29, 1.82) is 0 Å². The lowest BCUT2D eigenvalue weighted by Crippen LogP contribution is -2.62. The molecule has 2 fully saturated rings. The Balaban J connectivity index is 1.42. The van der Waals surface area contributed by atoms with Gasteiger partial charge < -0.3 is 95.7 Å². The van der Waals surface area contributed by atoms with E-state index in [1.807, 2.05) is 0 Å². The van der Waals surface area contributed by atoms with Crippen LogP contribution in [0.4, 0.5) is 10.5 Å². The quantitative estimate of drug-likeness (QED) is 0.0209. The molecule has 570 valence electrons. The number of nitrogens with zero attached hydrogens (tertiary/aromatic N) is 3. The lowest BCUT2D eigenvalue weighted by Gasteiger charge is -2.30. The van der Waals surface area contributed by atoms with Gasteiger partial charge in [0.2, 0.25) is 53.2 Å². The first-order valence-electron chi connectivity index (χ1n) is 33.6. The molecule has 4 aromatic carbocycles. The molecule has 0 bridgehead atoms. The average Bonchev–Trinajstić information content (AvgIpc) is 1.56. The van der Waals surface area contributed by atoms with Crippen molar-refractivity contribution in [3.8, 4) is 11.5 Å². The highest BCUT2D eigenvalue weighted by atomic mass is 35.5. The van der Waals surface area contributed by atoms with Gasteiger partial charge in [0.1, 0.15) is 65.9 Å². The molecule has 10 atom stereocenters. The smallest absolute Gasteiger partial charge is 0.320 e. The Kier molecular flexibility index (Phi) is 33.8. The molecular formula is C68H90ClN15O19S2. The van der Waals surface area contributed by atoms with Gasteiger partial charge in [0, 0.05) is 93.6 Å². The normalized spacial score (nSPS) is 20.7. The highest BCUT2D eigenvalue weighted by Crippen LogP contribution is 2.25. The summed E-state index contributed by atoms with van der Waals surface area (Å²) in [6, 6.07) is 7.85. The number of benzene rings is 4. The largest absolute Gasteiger partial charge is 0.508 e. The van der Waals surface area contributed by atoms with Crippen LogP contribution in [0.2, 0.25) is 5.02 Å². The number of carboxylic acid groups (broad SMARTS) is 3. The number of aliphatic carboxylic acids is 3. The summed E-state index contributed by atoms with van der Waals surface area (Å²) < 4.78 is 0. The van der Waals surface area contributed by atoms with E-state index in [0.717, 1.165) is 28.5 Å². The van der Waals surface area contributed by atoms with E-state index in [1.165, 1.54) is 99.6 Å². The zero-order valence-corrected chi connectivity index (χ0v) is 59.8. The molecule has 34 nitrogen and oxygen atoms in total. The third-order valence-electron chi connectivity index (χ3n) is 17.0. The van der Waals surface area contributed by atoms with Crippen LogP contribution in [0, 0.1) is 0 Å². The maximum atomic E-state index is 15.3. The Labute approximate surface area is 617 Å². The molecule has 0 unspecified atom stereocenters. The predicted octanol–water partition coefficient (Wildman–Crippen LogP) is -1.90. The molecule has 0 saturated carbocycles. The number of nitrogens with two attached hydrogens (primary N) is 3. The summed E-state index contributed by atoms with van der Waals surface area (Å²) in [5.74, 6) is -13.9. The van der Waals surface area contributed by atoms with Crippen LogP contribution in [-0.4, -0.2) is 253 Å². The van der Waals surface area contributed by atoms with Crippen LogP contribution >= 0.6 is 33.2 Å². The molecule has 0 radical (unpaired) electrons. The summed E-state index contributed by atoms with van der Waals surface area (Å²) >= 11 is 6.26. The van der Waals surface area contributed by atoms with Gasteiger partial charge in [-0.3, -0.25) is 72.2 Å². The molecule has 11 amide bonds.